The maximum atomic E-state index is 13.7. The normalized spacial score (nSPS) is 23.3. The van der Waals surface area contributed by atoms with Gasteiger partial charge < -0.3 is 19.5 Å². The molecule has 3 aromatic rings. The van der Waals surface area contributed by atoms with Gasteiger partial charge in [0.05, 0.1) is 12.2 Å². The molecule has 0 aromatic heterocycles. The van der Waals surface area contributed by atoms with Crippen LogP contribution in [0.2, 0.25) is 5.02 Å². The molecule has 1 amide bonds. The molecule has 1 N–H and O–H groups in total. The summed E-state index contributed by atoms with van der Waals surface area (Å²) in [6.07, 6.45) is 3.58. The van der Waals surface area contributed by atoms with Gasteiger partial charge in [-0.3, -0.25) is 9.59 Å². The number of hydrogen-bond acceptors (Lipinski definition) is 4. The highest BCUT2D eigenvalue weighted by Gasteiger charge is 2.50. The third kappa shape index (κ3) is 6.60. The van der Waals surface area contributed by atoms with Crippen LogP contribution in [-0.4, -0.2) is 40.1 Å². The Kier molecular flexibility index (Phi) is 8.71. The zero-order chi connectivity index (χ0) is 29.1. The van der Waals surface area contributed by atoms with Crippen LogP contribution in [0.25, 0.3) is 0 Å². The number of fused-ring (bicyclic) bond motifs is 3. The van der Waals surface area contributed by atoms with E-state index in [1.807, 2.05) is 24.3 Å². The maximum Gasteiger partial charge on any atom is 0.323 e. The van der Waals surface area contributed by atoms with Crippen LogP contribution >= 0.6 is 11.6 Å². The number of nitrogens with zero attached hydrogens (tertiary/aromatic N) is 1. The van der Waals surface area contributed by atoms with Crippen molar-refractivity contribution in [2.75, 3.05) is 6.54 Å². The summed E-state index contributed by atoms with van der Waals surface area (Å²) >= 11 is 6.14. The number of halogens is 1. The Labute approximate surface area is 247 Å². The Balaban J connectivity index is 1.46. The summed E-state index contributed by atoms with van der Waals surface area (Å²) < 4.78 is 13.5. The molecule has 2 aliphatic rings. The summed E-state index contributed by atoms with van der Waals surface area (Å²) in [5.41, 5.74) is 2.88. The SMILES string of the molecule is CC(C)[C@@H]1CC[C@@H]2[C@@H](O1)c1cc(C(=O)N(CC(=O)O)Cc3cccc(Cl)c3)ccc1O[C@@]2(C)CCc1ccccc1. The molecule has 0 radical (unpaired) electrons. The lowest BCUT2D eigenvalue weighted by atomic mass is 9.71. The highest BCUT2D eigenvalue weighted by Crippen LogP contribution is 2.53. The molecule has 0 unspecified atom stereocenters. The largest absolute Gasteiger partial charge is 0.487 e. The molecule has 0 aliphatic carbocycles. The number of hydrogen-bond donors (Lipinski definition) is 1. The molecule has 2 heterocycles. The van der Waals surface area contributed by atoms with Gasteiger partial charge in [-0.2, -0.15) is 0 Å². The first kappa shape index (κ1) is 29.2. The average Bonchev–Trinajstić information content (AvgIpc) is 2.95. The molecule has 41 heavy (non-hydrogen) atoms. The Bertz CT molecular complexity index is 1390. The predicted octanol–water partition coefficient (Wildman–Crippen LogP) is 7.34. The van der Waals surface area contributed by atoms with E-state index in [2.05, 4.69) is 45.0 Å². The predicted molar refractivity (Wildman–Crippen MR) is 159 cm³/mol. The number of aryl methyl sites for hydroxylation is 1. The molecule has 1 fully saturated rings. The minimum atomic E-state index is -1.08. The monoisotopic (exact) mass is 575 g/mol. The van der Waals surface area contributed by atoms with Crippen molar-refractivity contribution < 1.29 is 24.2 Å². The number of ether oxygens (including phenoxy) is 2. The van der Waals surface area contributed by atoms with E-state index < -0.39 is 18.1 Å². The van der Waals surface area contributed by atoms with E-state index in [9.17, 15) is 14.7 Å². The fourth-order valence-electron chi connectivity index (χ4n) is 6.25. The molecule has 216 valence electrons. The van der Waals surface area contributed by atoms with E-state index in [1.54, 1.807) is 24.3 Å². The molecule has 0 saturated carbocycles. The van der Waals surface area contributed by atoms with E-state index >= 15 is 0 Å². The number of aliphatic carboxylic acids is 1. The van der Waals surface area contributed by atoms with E-state index in [0.29, 0.717) is 16.5 Å². The zero-order valence-corrected chi connectivity index (χ0v) is 24.6. The van der Waals surface area contributed by atoms with Crippen LogP contribution in [0.4, 0.5) is 0 Å². The lowest BCUT2D eigenvalue weighted by Gasteiger charge is -2.51. The molecule has 4 atom stereocenters. The van der Waals surface area contributed by atoms with Gasteiger partial charge in [0.25, 0.3) is 5.91 Å². The van der Waals surface area contributed by atoms with Gasteiger partial charge in [0.1, 0.15) is 17.9 Å². The van der Waals surface area contributed by atoms with Crippen molar-refractivity contribution >= 4 is 23.5 Å². The number of carboxylic acid groups (broad SMARTS) is 1. The smallest absolute Gasteiger partial charge is 0.323 e. The van der Waals surface area contributed by atoms with Crippen LogP contribution in [0, 0.1) is 11.8 Å². The summed E-state index contributed by atoms with van der Waals surface area (Å²) in [5, 5.41) is 10.1. The minimum absolute atomic E-state index is 0.117. The number of amides is 1. The summed E-state index contributed by atoms with van der Waals surface area (Å²) in [6.45, 7) is 6.26. The van der Waals surface area contributed by atoms with Crippen molar-refractivity contribution in [1.82, 2.24) is 4.90 Å². The first-order valence-corrected chi connectivity index (χ1v) is 14.8. The lowest BCUT2D eigenvalue weighted by Crippen LogP contribution is -2.51. The Hall–Kier alpha value is -3.35. The van der Waals surface area contributed by atoms with Gasteiger partial charge in [-0.25, -0.2) is 0 Å². The van der Waals surface area contributed by atoms with Crippen LogP contribution in [0.3, 0.4) is 0 Å². The van der Waals surface area contributed by atoms with Gasteiger partial charge in [0.2, 0.25) is 0 Å². The third-order valence-electron chi connectivity index (χ3n) is 8.51. The van der Waals surface area contributed by atoms with Crippen molar-refractivity contribution in [1.29, 1.82) is 0 Å². The number of benzene rings is 3. The molecule has 2 aliphatic heterocycles. The van der Waals surface area contributed by atoms with Crippen molar-refractivity contribution in [3.8, 4) is 5.75 Å². The summed E-state index contributed by atoms with van der Waals surface area (Å²) in [4.78, 5) is 26.8. The van der Waals surface area contributed by atoms with Gasteiger partial charge in [0, 0.05) is 28.6 Å². The van der Waals surface area contributed by atoms with Gasteiger partial charge in [-0.15, -0.1) is 0 Å². The maximum absolute atomic E-state index is 13.7. The number of carbonyl (C=O) groups excluding carboxylic acids is 1. The van der Waals surface area contributed by atoms with E-state index in [-0.39, 0.29) is 30.6 Å². The number of rotatable bonds is 9. The summed E-state index contributed by atoms with van der Waals surface area (Å²) in [6, 6.07) is 23.0. The van der Waals surface area contributed by atoms with Crippen molar-refractivity contribution in [3.63, 3.8) is 0 Å². The molecule has 1 saturated heterocycles. The van der Waals surface area contributed by atoms with Gasteiger partial charge >= 0.3 is 5.97 Å². The first-order valence-electron chi connectivity index (χ1n) is 14.4. The van der Waals surface area contributed by atoms with Crippen LogP contribution in [0.1, 0.15) is 73.2 Å². The first-order chi connectivity index (χ1) is 19.6. The Morgan fingerprint density at radius 2 is 1.78 bits per heavy atom. The highest BCUT2D eigenvalue weighted by atomic mass is 35.5. The molecule has 5 rings (SSSR count). The van der Waals surface area contributed by atoms with E-state index in [1.165, 1.54) is 10.5 Å². The number of carboxylic acids is 1. The molecular formula is C34H38ClNO5. The van der Waals surface area contributed by atoms with E-state index in [0.717, 1.165) is 42.6 Å². The van der Waals surface area contributed by atoms with Crippen LogP contribution < -0.4 is 4.74 Å². The fraction of sp³-hybridized carbons (Fsp3) is 0.412. The van der Waals surface area contributed by atoms with Gasteiger partial charge in [-0.1, -0.05) is 67.9 Å². The molecular weight excluding hydrogens is 538 g/mol. The molecule has 3 aromatic carbocycles. The second kappa shape index (κ2) is 12.3. The van der Waals surface area contributed by atoms with Crippen LogP contribution in [-0.2, 0) is 22.5 Å². The second-order valence-corrected chi connectivity index (χ2v) is 12.3. The molecule has 7 heteroatoms. The minimum Gasteiger partial charge on any atom is -0.487 e. The van der Waals surface area contributed by atoms with Crippen molar-refractivity contribution in [2.24, 2.45) is 11.8 Å². The molecule has 0 bridgehead atoms. The van der Waals surface area contributed by atoms with Gasteiger partial charge in [0.15, 0.2) is 0 Å². The Morgan fingerprint density at radius 1 is 1.02 bits per heavy atom. The fourth-order valence-corrected chi connectivity index (χ4v) is 6.46. The van der Waals surface area contributed by atoms with E-state index in [4.69, 9.17) is 21.1 Å². The highest BCUT2D eigenvalue weighted by molar-refractivity contribution is 6.30. The zero-order valence-electron chi connectivity index (χ0n) is 23.9. The molecule has 0 spiro atoms. The second-order valence-electron chi connectivity index (χ2n) is 11.9. The van der Waals surface area contributed by atoms with Gasteiger partial charge in [-0.05, 0) is 80.0 Å². The van der Waals surface area contributed by atoms with Crippen molar-refractivity contribution in [3.05, 3.63) is 100 Å². The van der Waals surface area contributed by atoms with Crippen LogP contribution in [0.5, 0.6) is 5.75 Å². The number of carbonyl (C=O) groups is 2. The lowest BCUT2D eigenvalue weighted by molar-refractivity contribution is -0.166. The summed E-state index contributed by atoms with van der Waals surface area (Å²) in [5.74, 6) is -0.221. The van der Waals surface area contributed by atoms with Crippen molar-refractivity contribution in [2.45, 2.75) is 70.8 Å². The standard InChI is InChI=1S/C34H38ClNO5/c1-22(2)29-15-13-28-32(40-29)27-19-25(33(39)36(21-31(37)38)20-24-10-7-11-26(35)18-24)12-14-30(27)41-34(28,3)17-16-23-8-5-4-6-9-23/h4-12,14,18-19,22,28-29,32H,13,15-17,20-21H2,1-3H3,(H,37,38)/t28-,29+,32+,34+/m1/s1. The molecule has 6 nitrogen and oxygen atoms in total. The van der Waals surface area contributed by atoms with Crippen LogP contribution in [0.15, 0.2) is 72.8 Å². The topological polar surface area (TPSA) is 76.1 Å². The average molecular weight is 576 g/mol. The Morgan fingerprint density at radius 3 is 2.49 bits per heavy atom. The summed E-state index contributed by atoms with van der Waals surface area (Å²) in [7, 11) is 0. The third-order valence-corrected chi connectivity index (χ3v) is 8.75. The quantitative estimate of drug-likeness (QED) is 0.289.